The highest BCUT2D eigenvalue weighted by atomic mass is 32.2. The van der Waals surface area contributed by atoms with Crippen LogP contribution >= 0.6 is 0 Å². The summed E-state index contributed by atoms with van der Waals surface area (Å²) < 4.78 is 28.4. The van der Waals surface area contributed by atoms with Gasteiger partial charge in [-0.3, -0.25) is 19.4 Å². The lowest BCUT2D eigenvalue weighted by Gasteiger charge is -2.36. The molecule has 8 nitrogen and oxygen atoms in total. The predicted octanol–water partition coefficient (Wildman–Crippen LogP) is 2.48. The van der Waals surface area contributed by atoms with Gasteiger partial charge in [0.15, 0.2) is 0 Å². The van der Waals surface area contributed by atoms with Crippen molar-refractivity contribution in [1.82, 2.24) is 15.5 Å². The van der Waals surface area contributed by atoms with Crippen molar-refractivity contribution >= 4 is 27.4 Å². The van der Waals surface area contributed by atoms with Crippen LogP contribution in [0.5, 0.6) is 0 Å². The van der Waals surface area contributed by atoms with Crippen LogP contribution in [0.25, 0.3) is 0 Å². The summed E-state index contributed by atoms with van der Waals surface area (Å²) in [5.41, 5.74) is -0.193. The monoisotopic (exact) mass is 430 g/mol. The molecule has 2 aliphatic rings. The highest BCUT2D eigenvalue weighted by Crippen LogP contribution is 2.64. The fourth-order valence-corrected chi connectivity index (χ4v) is 6.93. The average Bonchev–Trinajstić information content (AvgIpc) is 3.29. The largest absolute Gasteiger partial charge is 0.347 e. The van der Waals surface area contributed by atoms with Crippen molar-refractivity contribution in [1.29, 1.82) is 0 Å². The van der Waals surface area contributed by atoms with Crippen molar-refractivity contribution in [2.75, 3.05) is 10.5 Å². The molecule has 2 aromatic rings. The van der Waals surface area contributed by atoms with Crippen molar-refractivity contribution in [3.8, 4) is 0 Å². The topological polar surface area (TPSA) is 121 Å². The summed E-state index contributed by atoms with van der Waals surface area (Å²) in [6, 6.07) is 9.39. The van der Waals surface area contributed by atoms with E-state index in [-0.39, 0.29) is 34.3 Å². The zero-order valence-electron chi connectivity index (χ0n) is 17.1. The van der Waals surface area contributed by atoms with Gasteiger partial charge in [-0.1, -0.05) is 44.2 Å². The predicted molar refractivity (Wildman–Crippen MR) is 112 cm³/mol. The molecule has 0 radical (unpaired) electrons. The van der Waals surface area contributed by atoms with Crippen LogP contribution in [0.3, 0.4) is 0 Å². The van der Waals surface area contributed by atoms with Gasteiger partial charge in [0.25, 0.3) is 5.91 Å². The smallest absolute Gasteiger partial charge is 0.271 e. The summed E-state index contributed by atoms with van der Waals surface area (Å²) in [5, 5.41) is 9.13. The Morgan fingerprint density at radius 1 is 1.27 bits per heavy atom. The number of sulfonamides is 1. The molecule has 9 heteroatoms. The second-order valence-electron chi connectivity index (χ2n) is 8.85. The number of benzene rings is 1. The Balaban J connectivity index is 1.48. The maximum absolute atomic E-state index is 13.0. The Hall–Kier alpha value is -2.68. The molecule has 0 spiro atoms. The van der Waals surface area contributed by atoms with E-state index in [4.69, 9.17) is 0 Å². The number of fused-ring (bicyclic) bond motifs is 2. The van der Waals surface area contributed by atoms with Gasteiger partial charge in [-0.25, -0.2) is 8.42 Å². The number of amides is 1. The molecule has 2 bridgehead atoms. The van der Waals surface area contributed by atoms with Gasteiger partial charge in [0.1, 0.15) is 11.5 Å². The third-order valence-corrected chi connectivity index (χ3v) is 8.41. The van der Waals surface area contributed by atoms with Crippen molar-refractivity contribution in [2.45, 2.75) is 39.7 Å². The number of nitrogens with one attached hydrogen (secondary N) is 3. The van der Waals surface area contributed by atoms with Crippen LogP contribution < -0.4 is 10.0 Å². The van der Waals surface area contributed by atoms with Crippen molar-refractivity contribution in [3.05, 3.63) is 47.8 Å². The van der Waals surface area contributed by atoms with E-state index >= 15 is 0 Å². The molecule has 0 aliphatic heterocycles. The first-order chi connectivity index (χ1) is 14.1. The number of ketones is 1. The molecule has 2 fully saturated rings. The number of rotatable bonds is 7. The Morgan fingerprint density at radius 2 is 2.00 bits per heavy atom. The summed E-state index contributed by atoms with van der Waals surface area (Å²) >= 11 is 0. The maximum Gasteiger partial charge on any atom is 0.271 e. The minimum Gasteiger partial charge on any atom is -0.347 e. The normalized spacial score (nSPS) is 24.7. The minimum absolute atomic E-state index is 0.0298. The number of hydrogen-bond donors (Lipinski definition) is 3. The Morgan fingerprint density at radius 3 is 2.63 bits per heavy atom. The first-order valence-corrected chi connectivity index (χ1v) is 11.7. The van der Waals surface area contributed by atoms with Gasteiger partial charge in [-0.15, -0.1) is 0 Å². The molecule has 1 aromatic carbocycles. The van der Waals surface area contributed by atoms with Gasteiger partial charge in [0, 0.05) is 13.0 Å². The van der Waals surface area contributed by atoms with E-state index in [2.05, 4.69) is 20.2 Å². The number of carbonyl (C=O) groups is 2. The van der Waals surface area contributed by atoms with Gasteiger partial charge in [-0.2, -0.15) is 5.10 Å². The van der Waals surface area contributed by atoms with Crippen molar-refractivity contribution in [3.63, 3.8) is 0 Å². The minimum atomic E-state index is -3.87. The van der Waals surface area contributed by atoms with E-state index in [9.17, 15) is 18.0 Å². The summed E-state index contributed by atoms with van der Waals surface area (Å²) in [7, 11) is -3.87. The molecule has 2 atom stereocenters. The fraction of sp³-hybridized carbons (Fsp3) is 0.476. The molecule has 1 aromatic heterocycles. The van der Waals surface area contributed by atoms with Gasteiger partial charge in [0.05, 0.1) is 23.1 Å². The molecule has 4 rings (SSSR count). The van der Waals surface area contributed by atoms with Gasteiger partial charge < -0.3 is 5.32 Å². The summed E-state index contributed by atoms with van der Waals surface area (Å²) in [4.78, 5) is 25.2. The molecular weight excluding hydrogens is 404 g/mol. The van der Waals surface area contributed by atoms with Crippen LogP contribution in [0, 0.1) is 16.7 Å². The molecule has 3 N–H and O–H groups in total. The van der Waals surface area contributed by atoms with Crippen molar-refractivity contribution < 1.29 is 18.0 Å². The van der Waals surface area contributed by atoms with Gasteiger partial charge in [-0.05, 0) is 29.7 Å². The van der Waals surface area contributed by atoms with Crippen LogP contribution in [-0.4, -0.2) is 36.1 Å². The Kier molecular flexibility index (Phi) is 4.96. The quantitative estimate of drug-likeness (QED) is 0.623. The van der Waals surface area contributed by atoms with Crippen LogP contribution in [0.4, 0.5) is 5.69 Å². The summed E-state index contributed by atoms with van der Waals surface area (Å²) in [6.07, 6.45) is 3.17. The van der Waals surface area contributed by atoms with Gasteiger partial charge in [0.2, 0.25) is 10.0 Å². The van der Waals surface area contributed by atoms with E-state index < -0.39 is 21.3 Å². The molecular formula is C21H26N4O4S. The molecule has 2 saturated carbocycles. The van der Waals surface area contributed by atoms with Crippen LogP contribution in [0.15, 0.2) is 36.5 Å². The molecule has 30 heavy (non-hydrogen) atoms. The first-order valence-electron chi connectivity index (χ1n) is 10.0. The number of anilines is 1. The molecule has 1 unspecified atom stereocenters. The van der Waals surface area contributed by atoms with E-state index in [1.54, 1.807) is 0 Å². The SMILES string of the molecule is CC1(C)C2CC[C@@]1(CS(=O)(=O)Nc1cn[nH]c1C(=O)NCc1ccccc1)C(=O)C2. The fourth-order valence-electron chi connectivity index (χ4n) is 5.04. The van der Waals surface area contributed by atoms with E-state index in [1.165, 1.54) is 6.20 Å². The number of nitrogens with zero attached hydrogens (tertiary/aromatic N) is 1. The molecule has 160 valence electrons. The van der Waals surface area contributed by atoms with Gasteiger partial charge >= 0.3 is 0 Å². The lowest BCUT2D eigenvalue weighted by molar-refractivity contribution is -0.128. The van der Waals surface area contributed by atoms with E-state index in [0.29, 0.717) is 19.4 Å². The van der Waals surface area contributed by atoms with Crippen molar-refractivity contribution in [2.24, 2.45) is 16.7 Å². The maximum atomic E-state index is 13.0. The molecule has 0 saturated heterocycles. The first kappa shape index (κ1) is 20.6. The van der Waals surface area contributed by atoms with Crippen LogP contribution in [0.1, 0.15) is 49.2 Å². The Bertz CT molecular complexity index is 1080. The third-order valence-electron chi connectivity index (χ3n) is 7.00. The van der Waals surface area contributed by atoms with Crippen LogP contribution in [0.2, 0.25) is 0 Å². The molecule has 1 heterocycles. The number of carbonyl (C=O) groups excluding carboxylic acids is 2. The lowest BCUT2D eigenvalue weighted by atomic mass is 9.70. The second-order valence-corrected chi connectivity index (χ2v) is 10.6. The third kappa shape index (κ3) is 3.40. The standard InChI is InChI=1S/C21H26N4O4S/c1-20(2)15-8-9-21(20,17(26)10-15)13-30(28,29)25-16-12-23-24-18(16)19(27)22-11-14-6-4-3-5-7-14/h3-7,12,15,25H,8-11,13H2,1-2H3,(H,22,27)(H,23,24)/t15?,21-/m1/s1. The zero-order valence-corrected chi connectivity index (χ0v) is 17.9. The number of aromatic amines is 1. The Labute approximate surface area is 175 Å². The second kappa shape index (κ2) is 7.23. The zero-order chi connectivity index (χ0) is 21.6. The average molecular weight is 431 g/mol. The lowest BCUT2D eigenvalue weighted by Crippen LogP contribution is -2.43. The number of H-pyrrole nitrogens is 1. The number of Topliss-reactive ketones (excluding diaryl/α,β-unsaturated/α-hetero) is 1. The highest BCUT2D eigenvalue weighted by Gasteiger charge is 2.65. The number of aromatic nitrogens is 2. The molecule has 2 aliphatic carbocycles. The molecule has 1 amide bonds. The highest BCUT2D eigenvalue weighted by molar-refractivity contribution is 7.92. The van der Waals surface area contributed by atoms with E-state index in [1.807, 2.05) is 44.2 Å². The number of hydrogen-bond acceptors (Lipinski definition) is 5. The van der Waals surface area contributed by atoms with Crippen LogP contribution in [-0.2, 0) is 21.4 Å². The summed E-state index contributed by atoms with van der Waals surface area (Å²) in [6.45, 7) is 4.29. The summed E-state index contributed by atoms with van der Waals surface area (Å²) in [5.74, 6) is -0.487. The van der Waals surface area contributed by atoms with E-state index in [0.717, 1.165) is 12.0 Å².